The fourth-order valence-electron chi connectivity index (χ4n) is 3.64. The number of halogens is 4. The van der Waals surface area contributed by atoms with Gasteiger partial charge >= 0.3 is 6.03 Å². The van der Waals surface area contributed by atoms with Crippen molar-refractivity contribution in [1.82, 2.24) is 5.32 Å². The van der Waals surface area contributed by atoms with Gasteiger partial charge in [-0.2, -0.15) is 0 Å². The number of carbonyl (C=O) groups excluding carboxylic acids is 2. The minimum absolute atomic E-state index is 0.251. The second-order valence-electron chi connectivity index (χ2n) is 8.13. The van der Waals surface area contributed by atoms with Crippen molar-refractivity contribution in [1.29, 1.82) is 0 Å². The Morgan fingerprint density at radius 2 is 1.57 bits per heavy atom. The monoisotopic (exact) mass is 584 g/mol. The van der Waals surface area contributed by atoms with Crippen molar-refractivity contribution < 1.29 is 23.1 Å². The van der Waals surface area contributed by atoms with Crippen LogP contribution in [-0.4, -0.2) is 11.9 Å². The van der Waals surface area contributed by atoms with Crippen LogP contribution in [0.25, 0.3) is 11.1 Å². The van der Waals surface area contributed by atoms with Crippen molar-refractivity contribution in [2.75, 3.05) is 5.32 Å². The number of benzene rings is 4. The molecular formula is C28H20BrClF2N2O3. The first-order chi connectivity index (χ1) is 17.7. The highest BCUT2D eigenvalue weighted by molar-refractivity contribution is 9.10. The Balaban J connectivity index is 1.52. The third-order valence-electron chi connectivity index (χ3n) is 5.57. The summed E-state index contributed by atoms with van der Waals surface area (Å²) in [7, 11) is 0. The zero-order valence-corrected chi connectivity index (χ0v) is 22.0. The molecule has 4 aromatic rings. The molecule has 0 fully saturated rings. The Kier molecular flexibility index (Phi) is 7.90. The highest BCUT2D eigenvalue weighted by Crippen LogP contribution is 2.41. The quantitative estimate of drug-likeness (QED) is 0.247. The maximum atomic E-state index is 13.8. The zero-order chi connectivity index (χ0) is 26.7. The fraction of sp³-hybridized carbons (Fsp3) is 0.0714. The van der Waals surface area contributed by atoms with Crippen molar-refractivity contribution in [3.8, 4) is 22.6 Å². The molecule has 188 valence electrons. The molecule has 4 aromatic carbocycles. The Morgan fingerprint density at radius 1 is 0.892 bits per heavy atom. The molecule has 0 aliphatic heterocycles. The van der Waals surface area contributed by atoms with Gasteiger partial charge in [0, 0.05) is 5.69 Å². The Bertz CT molecular complexity index is 1490. The van der Waals surface area contributed by atoms with Gasteiger partial charge in [-0.3, -0.25) is 10.1 Å². The number of urea groups is 1. The van der Waals surface area contributed by atoms with Gasteiger partial charge in [0.25, 0.3) is 5.91 Å². The summed E-state index contributed by atoms with van der Waals surface area (Å²) in [4.78, 5) is 24.6. The summed E-state index contributed by atoms with van der Waals surface area (Å²) < 4.78 is 34.5. The van der Waals surface area contributed by atoms with Crippen LogP contribution in [0.1, 0.15) is 21.5 Å². The van der Waals surface area contributed by atoms with Gasteiger partial charge in [0.15, 0.2) is 0 Å². The summed E-state index contributed by atoms with van der Waals surface area (Å²) in [6, 6.07) is 19.2. The van der Waals surface area contributed by atoms with Gasteiger partial charge < -0.3 is 10.1 Å². The molecule has 0 atom stereocenters. The molecule has 2 N–H and O–H groups in total. The lowest BCUT2D eigenvalue weighted by Crippen LogP contribution is -2.35. The SMILES string of the molecule is Cc1cc(NC(=O)NC(=O)c2c(F)cccc2F)c(C)c(Cl)c1Oc1ccc(-c2ccccc2)cc1Br. The third kappa shape index (κ3) is 5.81. The van der Waals surface area contributed by atoms with Gasteiger partial charge in [0.05, 0.1) is 9.50 Å². The number of carbonyl (C=O) groups is 2. The van der Waals surface area contributed by atoms with E-state index in [0.29, 0.717) is 28.3 Å². The average Bonchev–Trinajstić information content (AvgIpc) is 2.86. The van der Waals surface area contributed by atoms with E-state index in [1.165, 1.54) is 0 Å². The molecule has 0 bridgehead atoms. The van der Waals surface area contributed by atoms with E-state index < -0.39 is 29.1 Å². The van der Waals surface area contributed by atoms with E-state index in [0.717, 1.165) is 33.8 Å². The lowest BCUT2D eigenvalue weighted by atomic mass is 10.1. The van der Waals surface area contributed by atoms with Gasteiger partial charge in [-0.1, -0.05) is 54.1 Å². The standard InChI is InChI=1S/C28H20BrClF2N2O3/c1-15-13-22(33-28(36)34-27(35)24-20(31)9-6-10-21(24)32)16(2)25(30)26(15)37-23-12-11-18(14-19(23)29)17-7-4-3-5-8-17/h3-14H,1-2H3,(H2,33,34,35,36). The first-order valence-corrected chi connectivity index (χ1v) is 12.2. The Labute approximate surface area is 225 Å². The fourth-order valence-corrected chi connectivity index (χ4v) is 4.39. The molecule has 0 aromatic heterocycles. The molecular weight excluding hydrogens is 566 g/mol. The number of hydrogen-bond donors (Lipinski definition) is 2. The minimum atomic E-state index is -1.21. The summed E-state index contributed by atoms with van der Waals surface area (Å²) >= 11 is 10.1. The summed E-state index contributed by atoms with van der Waals surface area (Å²) in [5.41, 5.74) is 2.60. The molecule has 4 rings (SSSR count). The Hall–Kier alpha value is -3.75. The number of aryl methyl sites for hydroxylation is 1. The average molecular weight is 586 g/mol. The Morgan fingerprint density at radius 3 is 2.22 bits per heavy atom. The van der Waals surface area contributed by atoms with E-state index >= 15 is 0 Å². The number of hydrogen-bond acceptors (Lipinski definition) is 3. The summed E-state index contributed by atoms with van der Waals surface area (Å²) in [5.74, 6) is -2.44. The maximum Gasteiger partial charge on any atom is 0.326 e. The normalized spacial score (nSPS) is 10.6. The summed E-state index contributed by atoms with van der Waals surface area (Å²) in [6.07, 6.45) is 0. The first kappa shape index (κ1) is 26.3. The number of anilines is 1. The van der Waals surface area contributed by atoms with Crippen molar-refractivity contribution in [2.24, 2.45) is 0 Å². The molecule has 0 heterocycles. The van der Waals surface area contributed by atoms with Crippen LogP contribution < -0.4 is 15.4 Å². The smallest absolute Gasteiger partial charge is 0.326 e. The van der Waals surface area contributed by atoms with E-state index in [1.54, 1.807) is 19.9 Å². The van der Waals surface area contributed by atoms with Crippen LogP contribution in [0.15, 0.2) is 77.3 Å². The lowest BCUT2D eigenvalue weighted by molar-refractivity contribution is 0.0959. The molecule has 3 amide bonds. The number of nitrogens with one attached hydrogen (secondary N) is 2. The predicted molar refractivity (Wildman–Crippen MR) is 143 cm³/mol. The molecule has 0 spiro atoms. The third-order valence-corrected chi connectivity index (χ3v) is 6.64. The highest BCUT2D eigenvalue weighted by atomic mass is 79.9. The molecule has 0 saturated heterocycles. The van der Waals surface area contributed by atoms with Gasteiger partial charge in [-0.25, -0.2) is 13.6 Å². The topological polar surface area (TPSA) is 67.4 Å². The summed E-state index contributed by atoms with van der Waals surface area (Å²) in [6.45, 7) is 3.41. The highest BCUT2D eigenvalue weighted by Gasteiger charge is 2.21. The van der Waals surface area contributed by atoms with Gasteiger partial charge in [0.2, 0.25) is 0 Å². The number of imide groups is 1. The maximum absolute atomic E-state index is 13.8. The van der Waals surface area contributed by atoms with Crippen LogP contribution in [-0.2, 0) is 0 Å². The molecule has 0 aliphatic rings. The zero-order valence-electron chi connectivity index (χ0n) is 19.7. The molecule has 0 unspecified atom stereocenters. The molecule has 9 heteroatoms. The van der Waals surface area contributed by atoms with E-state index in [9.17, 15) is 18.4 Å². The lowest BCUT2D eigenvalue weighted by Gasteiger charge is -2.17. The van der Waals surface area contributed by atoms with E-state index in [4.69, 9.17) is 16.3 Å². The molecule has 0 saturated carbocycles. The molecule has 0 aliphatic carbocycles. The van der Waals surface area contributed by atoms with Crippen LogP contribution in [0.3, 0.4) is 0 Å². The van der Waals surface area contributed by atoms with Gasteiger partial charge in [-0.05, 0) is 82.4 Å². The van der Waals surface area contributed by atoms with E-state index in [2.05, 4.69) is 21.2 Å². The second kappa shape index (κ2) is 11.1. The molecule has 5 nitrogen and oxygen atoms in total. The van der Waals surface area contributed by atoms with Gasteiger partial charge in [0.1, 0.15) is 28.7 Å². The second-order valence-corrected chi connectivity index (χ2v) is 9.36. The van der Waals surface area contributed by atoms with Crippen LogP contribution in [0.4, 0.5) is 19.3 Å². The van der Waals surface area contributed by atoms with Crippen LogP contribution in [0, 0.1) is 25.5 Å². The van der Waals surface area contributed by atoms with Crippen molar-refractivity contribution in [3.63, 3.8) is 0 Å². The van der Waals surface area contributed by atoms with Crippen molar-refractivity contribution in [2.45, 2.75) is 13.8 Å². The van der Waals surface area contributed by atoms with Crippen molar-refractivity contribution >= 4 is 45.2 Å². The van der Waals surface area contributed by atoms with Gasteiger partial charge in [-0.15, -0.1) is 0 Å². The van der Waals surface area contributed by atoms with Crippen LogP contribution in [0.2, 0.25) is 5.02 Å². The van der Waals surface area contributed by atoms with Crippen LogP contribution in [0.5, 0.6) is 11.5 Å². The summed E-state index contributed by atoms with van der Waals surface area (Å²) in [5, 5.41) is 4.67. The molecule has 0 radical (unpaired) electrons. The minimum Gasteiger partial charge on any atom is -0.454 e. The van der Waals surface area contributed by atoms with Crippen molar-refractivity contribution in [3.05, 3.63) is 111 Å². The molecule has 37 heavy (non-hydrogen) atoms. The first-order valence-electron chi connectivity index (χ1n) is 11.0. The largest absolute Gasteiger partial charge is 0.454 e. The van der Waals surface area contributed by atoms with E-state index in [1.807, 2.05) is 53.8 Å². The number of rotatable bonds is 5. The van der Waals surface area contributed by atoms with Crippen LogP contribution >= 0.6 is 27.5 Å². The predicted octanol–water partition coefficient (Wildman–Crippen LogP) is 8.42. The van der Waals surface area contributed by atoms with E-state index in [-0.39, 0.29) is 5.02 Å². The number of amides is 3. The number of ether oxygens (including phenoxy) is 1.